The van der Waals surface area contributed by atoms with Gasteiger partial charge in [0.25, 0.3) is 0 Å². The maximum Gasteiger partial charge on any atom is 0.401 e. The van der Waals surface area contributed by atoms with Crippen molar-refractivity contribution in [1.82, 2.24) is 5.32 Å². The zero-order valence-corrected chi connectivity index (χ0v) is 16.6. The molecule has 10 heteroatoms. The number of esters is 1. The first-order chi connectivity index (χ1) is 15.4. The number of benzene rings is 2. The maximum atomic E-state index is 13.1. The molecule has 0 unspecified atom stereocenters. The highest BCUT2D eigenvalue weighted by atomic mass is 19.4. The van der Waals surface area contributed by atoms with Crippen molar-refractivity contribution in [2.45, 2.75) is 18.1 Å². The number of nitrogens with one attached hydrogen (secondary N) is 1. The topological polar surface area (TPSA) is 75.3 Å². The molecule has 3 aliphatic heterocycles. The largest absolute Gasteiger partial charge is 0.465 e. The van der Waals surface area contributed by atoms with Crippen LogP contribution in [0.1, 0.15) is 28.7 Å². The first-order valence-corrected chi connectivity index (χ1v) is 10.2. The Morgan fingerprint density at radius 3 is 2.25 bits per heavy atom. The van der Waals surface area contributed by atoms with Crippen molar-refractivity contribution in [3.63, 3.8) is 0 Å². The van der Waals surface area contributed by atoms with E-state index in [2.05, 4.69) is 5.32 Å². The van der Waals surface area contributed by atoms with Crippen LogP contribution in [0.15, 0.2) is 30.3 Å². The van der Waals surface area contributed by atoms with Crippen LogP contribution >= 0.6 is 0 Å². The second kappa shape index (κ2) is 6.93. The molecule has 4 aliphatic rings. The molecular formula is C22H18F3NO6. The Balaban J connectivity index is 1.51. The highest BCUT2D eigenvalue weighted by Crippen LogP contribution is 2.55. The third-order valence-corrected chi connectivity index (χ3v) is 6.47. The van der Waals surface area contributed by atoms with Crippen molar-refractivity contribution < 1.29 is 41.7 Å². The summed E-state index contributed by atoms with van der Waals surface area (Å²) >= 11 is 0. The third-order valence-electron chi connectivity index (χ3n) is 6.47. The van der Waals surface area contributed by atoms with Crippen LogP contribution in [-0.2, 0) is 9.53 Å². The van der Waals surface area contributed by atoms with Crippen molar-refractivity contribution in [1.29, 1.82) is 0 Å². The molecule has 0 radical (unpaired) electrons. The van der Waals surface area contributed by atoms with Crippen LogP contribution in [0.2, 0.25) is 0 Å². The number of ether oxygens (including phenoxy) is 5. The van der Waals surface area contributed by atoms with Crippen LogP contribution in [0.25, 0.3) is 0 Å². The van der Waals surface area contributed by atoms with Crippen LogP contribution in [-0.4, -0.2) is 38.9 Å². The smallest absolute Gasteiger partial charge is 0.401 e. The normalized spacial score (nSPS) is 27.2. The molecule has 0 saturated carbocycles. The number of hydrogen-bond acceptors (Lipinski definition) is 7. The molecule has 6 rings (SSSR count). The lowest BCUT2D eigenvalue weighted by molar-refractivity contribution is -0.141. The summed E-state index contributed by atoms with van der Waals surface area (Å²) in [4.78, 5) is 12.8. The molecule has 0 amide bonds. The number of carbonyl (C=O) groups is 1. The number of carbonyl (C=O) groups excluding carboxylic acids is 1. The van der Waals surface area contributed by atoms with Gasteiger partial charge in [0.2, 0.25) is 13.6 Å². The molecule has 7 nitrogen and oxygen atoms in total. The Morgan fingerprint density at radius 1 is 0.875 bits per heavy atom. The number of rotatable bonds is 3. The summed E-state index contributed by atoms with van der Waals surface area (Å²) in [6.45, 7) is -1.01. The van der Waals surface area contributed by atoms with E-state index >= 15 is 0 Å². The summed E-state index contributed by atoms with van der Waals surface area (Å²) < 4.78 is 66.5. The van der Waals surface area contributed by atoms with E-state index in [1.807, 2.05) is 12.1 Å². The molecule has 1 fully saturated rings. The van der Waals surface area contributed by atoms with Crippen LogP contribution in [0, 0.1) is 11.8 Å². The van der Waals surface area contributed by atoms with Crippen LogP contribution in [0.4, 0.5) is 13.2 Å². The van der Waals surface area contributed by atoms with E-state index in [4.69, 9.17) is 23.7 Å². The lowest BCUT2D eigenvalue weighted by Crippen LogP contribution is -2.43. The Kier molecular flexibility index (Phi) is 4.23. The molecule has 0 bridgehead atoms. The number of hydrogen-bond donors (Lipinski definition) is 1. The van der Waals surface area contributed by atoms with Crippen LogP contribution in [0.3, 0.4) is 0 Å². The van der Waals surface area contributed by atoms with Crippen molar-refractivity contribution in [2.75, 3.05) is 26.7 Å². The number of halogens is 3. The minimum Gasteiger partial charge on any atom is -0.465 e. The summed E-state index contributed by atoms with van der Waals surface area (Å²) in [7, 11) is 0. The average molecular weight is 449 g/mol. The Bertz CT molecular complexity index is 1100. The Hall–Kier alpha value is -3.14. The summed E-state index contributed by atoms with van der Waals surface area (Å²) in [5, 5.41) is 2.62. The van der Waals surface area contributed by atoms with Crippen LogP contribution < -0.4 is 24.3 Å². The minimum absolute atomic E-state index is 0.0302. The average Bonchev–Trinajstić information content (AvgIpc) is 3.48. The maximum absolute atomic E-state index is 13.1. The van der Waals surface area contributed by atoms with Gasteiger partial charge in [0.15, 0.2) is 23.0 Å². The highest BCUT2D eigenvalue weighted by molar-refractivity contribution is 5.79. The lowest BCUT2D eigenvalue weighted by Gasteiger charge is -2.39. The summed E-state index contributed by atoms with van der Waals surface area (Å²) in [6.07, 6.45) is -4.40. The minimum atomic E-state index is -4.40. The second-order valence-corrected chi connectivity index (χ2v) is 8.22. The van der Waals surface area contributed by atoms with Gasteiger partial charge < -0.3 is 29.0 Å². The first-order valence-electron chi connectivity index (χ1n) is 10.2. The van der Waals surface area contributed by atoms with Crippen LogP contribution in [0.5, 0.6) is 23.0 Å². The predicted octanol–water partition coefficient (Wildman–Crippen LogP) is 3.27. The number of alkyl halides is 3. The van der Waals surface area contributed by atoms with E-state index < -0.39 is 42.5 Å². The standard InChI is InChI=1S/C22H18F3NO6/c23-22(24,25)7-26-20-12-5-17-16(31-9-32-17)4-11(12)18(19-13(20)6-28-21(19)27)10-1-2-14-15(3-10)30-8-29-14/h1-5,13,18-20,26H,6-9H2/t13-,18-,19-,20+/m0/s1. The van der Waals surface area contributed by atoms with E-state index in [9.17, 15) is 18.0 Å². The van der Waals surface area contributed by atoms with Crippen molar-refractivity contribution >= 4 is 5.97 Å². The first kappa shape index (κ1) is 19.5. The Morgan fingerprint density at radius 2 is 1.53 bits per heavy atom. The lowest BCUT2D eigenvalue weighted by atomic mass is 9.65. The van der Waals surface area contributed by atoms with Gasteiger partial charge in [0, 0.05) is 17.9 Å². The van der Waals surface area contributed by atoms with Gasteiger partial charge in [-0.1, -0.05) is 6.07 Å². The molecule has 4 atom stereocenters. The molecule has 1 N–H and O–H groups in total. The van der Waals surface area contributed by atoms with E-state index in [0.29, 0.717) is 34.1 Å². The molecule has 2 aromatic rings. The Labute approximate surface area is 180 Å². The summed E-state index contributed by atoms with van der Waals surface area (Å²) in [5.41, 5.74) is 2.13. The number of cyclic esters (lactones) is 1. The zero-order chi connectivity index (χ0) is 22.0. The molecule has 0 aromatic heterocycles. The van der Waals surface area contributed by atoms with Gasteiger partial charge >= 0.3 is 12.1 Å². The molecule has 168 valence electrons. The summed E-state index contributed by atoms with van der Waals surface area (Å²) in [6, 6.07) is 8.17. The molecule has 32 heavy (non-hydrogen) atoms. The van der Waals surface area contributed by atoms with Gasteiger partial charge in [0.1, 0.15) is 0 Å². The van der Waals surface area contributed by atoms with Crippen molar-refractivity contribution in [3.05, 3.63) is 47.0 Å². The monoisotopic (exact) mass is 449 g/mol. The molecule has 3 heterocycles. The van der Waals surface area contributed by atoms with Gasteiger partial charge in [0.05, 0.1) is 19.1 Å². The van der Waals surface area contributed by atoms with E-state index in [0.717, 1.165) is 5.56 Å². The fourth-order valence-corrected chi connectivity index (χ4v) is 5.16. The predicted molar refractivity (Wildman–Crippen MR) is 102 cm³/mol. The van der Waals surface area contributed by atoms with Crippen molar-refractivity contribution in [3.8, 4) is 23.0 Å². The fourth-order valence-electron chi connectivity index (χ4n) is 5.16. The van der Waals surface area contributed by atoms with Gasteiger partial charge in [-0.15, -0.1) is 0 Å². The zero-order valence-electron chi connectivity index (χ0n) is 16.6. The van der Waals surface area contributed by atoms with Crippen molar-refractivity contribution in [2.24, 2.45) is 11.8 Å². The summed E-state index contributed by atoms with van der Waals surface area (Å²) in [5.74, 6) is 0.111. The second-order valence-electron chi connectivity index (χ2n) is 8.22. The van der Waals surface area contributed by atoms with Gasteiger partial charge in [-0.3, -0.25) is 4.79 Å². The molecule has 1 aliphatic carbocycles. The van der Waals surface area contributed by atoms with E-state index in [-0.39, 0.29) is 20.2 Å². The number of fused-ring (bicyclic) bond motifs is 4. The molecule has 0 spiro atoms. The molecule has 1 saturated heterocycles. The fraction of sp³-hybridized carbons (Fsp3) is 0.409. The SMILES string of the molecule is O=C1OC[C@H]2[C@H]1[C@@H](c1ccc3c(c1)OCO3)c1cc3c(cc1[C@H]2NCC(F)(F)F)OCO3. The molecular weight excluding hydrogens is 431 g/mol. The van der Waals surface area contributed by atoms with Gasteiger partial charge in [-0.2, -0.15) is 13.2 Å². The van der Waals surface area contributed by atoms with Gasteiger partial charge in [-0.05, 0) is 41.0 Å². The van der Waals surface area contributed by atoms with Gasteiger partial charge in [-0.25, -0.2) is 0 Å². The van der Waals surface area contributed by atoms with E-state index in [1.54, 1.807) is 18.2 Å². The quantitative estimate of drug-likeness (QED) is 0.721. The highest BCUT2D eigenvalue weighted by Gasteiger charge is 2.53. The molecule has 2 aromatic carbocycles. The van der Waals surface area contributed by atoms with E-state index in [1.165, 1.54) is 0 Å². The third kappa shape index (κ3) is 3.04.